The van der Waals surface area contributed by atoms with Crippen LogP contribution in [0.3, 0.4) is 0 Å². The number of rotatable bonds is 5. The Morgan fingerprint density at radius 1 is 1.47 bits per heavy atom. The van der Waals surface area contributed by atoms with Crippen LogP contribution in [0.4, 0.5) is 0 Å². The molecular formula is C13H18BrN5. The van der Waals surface area contributed by atoms with Crippen molar-refractivity contribution in [2.75, 3.05) is 6.54 Å². The highest BCUT2D eigenvalue weighted by Gasteiger charge is 2.23. The minimum Gasteiger partial charge on any atom is -0.304 e. The van der Waals surface area contributed by atoms with E-state index in [-0.39, 0.29) is 6.04 Å². The van der Waals surface area contributed by atoms with Gasteiger partial charge in [-0.2, -0.15) is 0 Å². The van der Waals surface area contributed by atoms with Crippen LogP contribution in [0.2, 0.25) is 0 Å². The number of aryl methyl sites for hydroxylation is 2. The molecule has 102 valence electrons. The topological polar surface area (TPSA) is 55.6 Å². The summed E-state index contributed by atoms with van der Waals surface area (Å²) >= 11 is 3.47. The Morgan fingerprint density at radius 2 is 2.26 bits per heavy atom. The van der Waals surface area contributed by atoms with Gasteiger partial charge in [-0.15, -0.1) is 5.10 Å². The molecule has 1 N–H and O–H groups in total. The summed E-state index contributed by atoms with van der Waals surface area (Å²) in [6.45, 7) is 5.13. The van der Waals surface area contributed by atoms with Crippen molar-refractivity contribution in [1.82, 2.24) is 25.3 Å². The minimum atomic E-state index is -0.00414. The zero-order chi connectivity index (χ0) is 13.8. The number of aromatic nitrogens is 4. The lowest BCUT2D eigenvalue weighted by Gasteiger charge is -2.20. The molecule has 2 aromatic heterocycles. The van der Waals surface area contributed by atoms with Crippen LogP contribution in [0.25, 0.3) is 0 Å². The average Bonchev–Trinajstić information content (AvgIpc) is 2.73. The molecule has 2 heterocycles. The van der Waals surface area contributed by atoms with Crippen molar-refractivity contribution in [2.24, 2.45) is 7.05 Å². The van der Waals surface area contributed by atoms with E-state index in [0.29, 0.717) is 0 Å². The molecule has 0 aliphatic rings. The molecule has 0 aliphatic carbocycles. The molecule has 1 atom stereocenters. The summed E-state index contributed by atoms with van der Waals surface area (Å²) < 4.78 is 2.54. The van der Waals surface area contributed by atoms with Gasteiger partial charge < -0.3 is 5.32 Å². The SMILES string of the molecule is CCCNC(c1ncccc1C)c1c(Br)nnn1C. The molecule has 2 aromatic rings. The summed E-state index contributed by atoms with van der Waals surface area (Å²) in [4.78, 5) is 4.52. The van der Waals surface area contributed by atoms with Gasteiger partial charge in [-0.25, -0.2) is 4.68 Å². The van der Waals surface area contributed by atoms with E-state index in [1.807, 2.05) is 19.3 Å². The summed E-state index contributed by atoms with van der Waals surface area (Å²) in [5, 5.41) is 11.6. The first-order valence-electron chi connectivity index (χ1n) is 6.35. The lowest BCUT2D eigenvalue weighted by atomic mass is 10.1. The second-order valence-electron chi connectivity index (χ2n) is 4.48. The van der Waals surface area contributed by atoms with Crippen LogP contribution in [0.1, 0.15) is 36.3 Å². The molecule has 6 heteroatoms. The molecule has 0 aromatic carbocycles. The number of halogens is 1. The van der Waals surface area contributed by atoms with E-state index < -0.39 is 0 Å². The molecule has 0 saturated heterocycles. The number of nitrogens with zero attached hydrogens (tertiary/aromatic N) is 4. The molecule has 1 unspecified atom stereocenters. The van der Waals surface area contributed by atoms with Crippen molar-refractivity contribution in [3.63, 3.8) is 0 Å². The monoisotopic (exact) mass is 323 g/mol. The van der Waals surface area contributed by atoms with Gasteiger partial charge in [0.2, 0.25) is 0 Å². The van der Waals surface area contributed by atoms with Crippen LogP contribution in [-0.2, 0) is 7.05 Å². The molecule has 19 heavy (non-hydrogen) atoms. The van der Waals surface area contributed by atoms with Gasteiger partial charge in [-0.05, 0) is 47.4 Å². The molecule has 0 spiro atoms. The van der Waals surface area contributed by atoms with Crippen LogP contribution in [0, 0.1) is 6.92 Å². The molecule has 0 aliphatic heterocycles. The first kappa shape index (κ1) is 14.1. The smallest absolute Gasteiger partial charge is 0.153 e. The first-order valence-corrected chi connectivity index (χ1v) is 7.14. The van der Waals surface area contributed by atoms with Gasteiger partial charge >= 0.3 is 0 Å². The Bertz CT molecular complexity index is 532. The minimum absolute atomic E-state index is 0.00414. The third kappa shape index (κ3) is 3.01. The maximum atomic E-state index is 4.52. The second kappa shape index (κ2) is 6.25. The maximum absolute atomic E-state index is 4.52. The van der Waals surface area contributed by atoms with E-state index in [0.717, 1.165) is 34.5 Å². The molecule has 0 amide bonds. The van der Waals surface area contributed by atoms with E-state index in [2.05, 4.69) is 56.5 Å². The van der Waals surface area contributed by atoms with E-state index in [4.69, 9.17) is 0 Å². The highest BCUT2D eigenvalue weighted by atomic mass is 79.9. The summed E-state index contributed by atoms with van der Waals surface area (Å²) in [5.74, 6) is 0. The Hall–Kier alpha value is -1.27. The van der Waals surface area contributed by atoms with E-state index in [1.54, 1.807) is 4.68 Å². The number of pyridine rings is 1. The average molecular weight is 324 g/mol. The van der Waals surface area contributed by atoms with Crippen LogP contribution in [-0.4, -0.2) is 26.5 Å². The third-order valence-corrected chi connectivity index (χ3v) is 3.59. The molecular weight excluding hydrogens is 306 g/mol. The maximum Gasteiger partial charge on any atom is 0.153 e. The van der Waals surface area contributed by atoms with Gasteiger partial charge in [0.25, 0.3) is 0 Å². The van der Waals surface area contributed by atoms with Gasteiger partial charge in [0.15, 0.2) is 4.60 Å². The van der Waals surface area contributed by atoms with Crippen LogP contribution in [0.15, 0.2) is 22.9 Å². The lowest BCUT2D eigenvalue weighted by molar-refractivity contribution is 0.538. The van der Waals surface area contributed by atoms with Crippen molar-refractivity contribution in [3.05, 3.63) is 39.9 Å². The van der Waals surface area contributed by atoms with Gasteiger partial charge in [-0.1, -0.05) is 18.2 Å². The third-order valence-electron chi connectivity index (χ3n) is 3.02. The Morgan fingerprint density at radius 3 is 2.84 bits per heavy atom. The molecule has 5 nitrogen and oxygen atoms in total. The van der Waals surface area contributed by atoms with Gasteiger partial charge in [-0.3, -0.25) is 4.98 Å². The number of hydrogen-bond acceptors (Lipinski definition) is 4. The van der Waals surface area contributed by atoms with Crippen LogP contribution < -0.4 is 5.32 Å². The summed E-state index contributed by atoms with van der Waals surface area (Å²) in [7, 11) is 1.89. The molecule has 0 bridgehead atoms. The first-order chi connectivity index (χ1) is 9.15. The number of hydrogen-bond donors (Lipinski definition) is 1. The predicted molar refractivity (Wildman–Crippen MR) is 77.8 cm³/mol. The van der Waals surface area contributed by atoms with Crippen LogP contribution >= 0.6 is 15.9 Å². The normalized spacial score (nSPS) is 12.6. The Balaban J connectivity index is 2.45. The highest BCUT2D eigenvalue weighted by molar-refractivity contribution is 9.10. The summed E-state index contributed by atoms with van der Waals surface area (Å²) in [6, 6.07) is 4.02. The van der Waals surface area contributed by atoms with E-state index in [9.17, 15) is 0 Å². The molecule has 0 fully saturated rings. The van der Waals surface area contributed by atoms with Crippen molar-refractivity contribution in [3.8, 4) is 0 Å². The van der Waals surface area contributed by atoms with Crippen molar-refractivity contribution < 1.29 is 0 Å². The fourth-order valence-corrected chi connectivity index (χ4v) is 2.61. The number of nitrogens with one attached hydrogen (secondary N) is 1. The fraction of sp³-hybridized carbons (Fsp3) is 0.462. The lowest BCUT2D eigenvalue weighted by Crippen LogP contribution is -2.27. The second-order valence-corrected chi connectivity index (χ2v) is 5.23. The van der Waals surface area contributed by atoms with Gasteiger partial charge in [0.1, 0.15) is 0 Å². The largest absolute Gasteiger partial charge is 0.304 e. The summed E-state index contributed by atoms with van der Waals surface area (Å²) in [6.07, 6.45) is 2.88. The predicted octanol–water partition coefficient (Wildman–Crippen LogP) is 2.37. The zero-order valence-corrected chi connectivity index (χ0v) is 13.0. The van der Waals surface area contributed by atoms with E-state index in [1.165, 1.54) is 0 Å². The summed E-state index contributed by atoms with van der Waals surface area (Å²) in [5.41, 5.74) is 3.17. The highest BCUT2D eigenvalue weighted by Crippen LogP contribution is 2.27. The molecule has 2 rings (SSSR count). The van der Waals surface area contributed by atoms with Crippen molar-refractivity contribution in [2.45, 2.75) is 26.3 Å². The quantitative estimate of drug-likeness (QED) is 0.917. The standard InChI is InChI=1S/C13H18BrN5/c1-4-7-15-11(10-9(2)6-5-8-16-10)12-13(14)17-18-19(12)3/h5-6,8,11,15H,4,7H2,1-3H3. The van der Waals surface area contributed by atoms with Crippen LogP contribution in [0.5, 0.6) is 0 Å². The van der Waals surface area contributed by atoms with E-state index >= 15 is 0 Å². The fourth-order valence-electron chi connectivity index (χ4n) is 2.06. The zero-order valence-electron chi connectivity index (χ0n) is 11.4. The molecule has 0 radical (unpaired) electrons. The van der Waals surface area contributed by atoms with Crippen molar-refractivity contribution >= 4 is 15.9 Å². The van der Waals surface area contributed by atoms with Gasteiger partial charge in [0.05, 0.1) is 17.4 Å². The Kier molecular flexibility index (Phi) is 4.66. The van der Waals surface area contributed by atoms with Gasteiger partial charge in [0, 0.05) is 13.2 Å². The van der Waals surface area contributed by atoms with Crippen molar-refractivity contribution in [1.29, 1.82) is 0 Å². The Labute approximate surface area is 121 Å². The molecule has 0 saturated carbocycles.